The van der Waals surface area contributed by atoms with Gasteiger partial charge in [0.15, 0.2) is 0 Å². The quantitative estimate of drug-likeness (QED) is 0.585. The van der Waals surface area contributed by atoms with Gasteiger partial charge in [-0.3, -0.25) is 4.90 Å². The molecule has 0 aliphatic carbocycles. The van der Waals surface area contributed by atoms with Crippen molar-refractivity contribution in [2.45, 2.75) is 44.9 Å². The molecule has 1 atom stereocenters. The van der Waals surface area contributed by atoms with Crippen molar-refractivity contribution in [2.24, 2.45) is 0 Å². The summed E-state index contributed by atoms with van der Waals surface area (Å²) in [6.45, 7) is 7.42. The van der Waals surface area contributed by atoms with E-state index in [1.54, 1.807) is 26.0 Å². The number of aliphatic hydroxyl groups is 1. The first-order chi connectivity index (χ1) is 8.38. The van der Waals surface area contributed by atoms with Crippen LogP contribution in [0.2, 0.25) is 0 Å². The monoisotopic (exact) mass is 255 g/mol. The molecule has 1 fully saturated rings. The lowest BCUT2D eigenvalue weighted by atomic mass is 10.1. The van der Waals surface area contributed by atoms with Crippen molar-refractivity contribution in [1.82, 2.24) is 4.90 Å². The van der Waals surface area contributed by atoms with Crippen molar-refractivity contribution in [3.63, 3.8) is 0 Å². The summed E-state index contributed by atoms with van der Waals surface area (Å²) in [5.74, 6) is 0.269. The molecule has 5 heteroatoms. The van der Waals surface area contributed by atoms with Crippen LogP contribution in [0.5, 0.6) is 0 Å². The zero-order valence-corrected chi connectivity index (χ0v) is 10.9. The average molecular weight is 255 g/mol. The van der Waals surface area contributed by atoms with Crippen molar-refractivity contribution >= 4 is 6.09 Å². The second kappa shape index (κ2) is 5.91. The Morgan fingerprint density at radius 2 is 2.22 bits per heavy atom. The van der Waals surface area contributed by atoms with Gasteiger partial charge >= 0.3 is 6.09 Å². The molecule has 1 saturated heterocycles. The van der Waals surface area contributed by atoms with Gasteiger partial charge in [0.2, 0.25) is 0 Å². The summed E-state index contributed by atoms with van der Waals surface area (Å²) in [5.41, 5.74) is -0.774. The van der Waals surface area contributed by atoms with Gasteiger partial charge in [-0.25, -0.2) is 4.79 Å². The maximum absolute atomic E-state index is 11.2. The van der Waals surface area contributed by atoms with Crippen molar-refractivity contribution in [2.75, 3.05) is 6.61 Å². The van der Waals surface area contributed by atoms with Crippen LogP contribution in [0.25, 0.3) is 0 Å². The molecule has 0 aromatic rings. The molecule has 18 heavy (non-hydrogen) atoms. The highest BCUT2D eigenvalue weighted by atomic mass is 16.5. The van der Waals surface area contributed by atoms with Crippen molar-refractivity contribution in [3.8, 4) is 0 Å². The predicted molar refractivity (Wildman–Crippen MR) is 68.4 cm³/mol. The number of carbonyl (C=O) groups is 1. The molecule has 1 rings (SSSR count). The summed E-state index contributed by atoms with van der Waals surface area (Å²) in [4.78, 5) is 12.5. The fourth-order valence-electron chi connectivity index (χ4n) is 2.16. The van der Waals surface area contributed by atoms with E-state index in [9.17, 15) is 15.0 Å². The first kappa shape index (κ1) is 14.6. The maximum atomic E-state index is 11.2. The molecular weight excluding hydrogens is 234 g/mol. The SMILES string of the molecule is C=CCC(O)=CCC[C@@H]1COC(C)(C)N1C(=O)O. The molecular formula is C13H21NO4. The molecule has 1 aliphatic rings. The first-order valence-electron chi connectivity index (χ1n) is 6.03. The van der Waals surface area contributed by atoms with E-state index in [-0.39, 0.29) is 11.8 Å². The number of nitrogens with zero attached hydrogens (tertiary/aromatic N) is 1. The lowest BCUT2D eigenvalue weighted by molar-refractivity contribution is -0.0421. The molecule has 0 aromatic carbocycles. The van der Waals surface area contributed by atoms with Gasteiger partial charge in [0.25, 0.3) is 0 Å². The summed E-state index contributed by atoms with van der Waals surface area (Å²) in [7, 11) is 0. The number of hydrogen-bond acceptors (Lipinski definition) is 3. The van der Waals surface area contributed by atoms with Gasteiger partial charge in [0, 0.05) is 6.42 Å². The lowest BCUT2D eigenvalue weighted by Crippen LogP contribution is -2.47. The van der Waals surface area contributed by atoms with Gasteiger partial charge in [-0.1, -0.05) is 6.08 Å². The van der Waals surface area contributed by atoms with E-state index in [1.165, 1.54) is 4.90 Å². The summed E-state index contributed by atoms with van der Waals surface area (Å²) < 4.78 is 5.48. The van der Waals surface area contributed by atoms with Crippen LogP contribution in [0.4, 0.5) is 4.79 Å². The van der Waals surface area contributed by atoms with Crippen LogP contribution >= 0.6 is 0 Å². The molecule has 0 aromatic heterocycles. The Bertz CT molecular complexity index is 349. The minimum absolute atomic E-state index is 0.162. The molecule has 102 valence electrons. The highest BCUT2D eigenvalue weighted by molar-refractivity contribution is 5.66. The Balaban J connectivity index is 2.55. The topological polar surface area (TPSA) is 70.0 Å². The highest BCUT2D eigenvalue weighted by Gasteiger charge is 2.43. The number of allylic oxidation sites excluding steroid dienone is 2. The van der Waals surface area contributed by atoms with E-state index in [0.717, 1.165) is 0 Å². The van der Waals surface area contributed by atoms with Gasteiger partial charge in [-0.15, -0.1) is 6.58 Å². The molecule has 0 spiro atoms. The molecule has 0 unspecified atom stereocenters. The predicted octanol–water partition coefficient (Wildman–Crippen LogP) is 2.90. The maximum Gasteiger partial charge on any atom is 0.409 e. The van der Waals surface area contributed by atoms with Crippen LogP contribution in [0.1, 0.15) is 33.1 Å². The molecule has 0 saturated carbocycles. The molecule has 0 bridgehead atoms. The first-order valence-corrected chi connectivity index (χ1v) is 6.03. The van der Waals surface area contributed by atoms with Crippen molar-refractivity contribution in [1.29, 1.82) is 0 Å². The highest BCUT2D eigenvalue weighted by Crippen LogP contribution is 2.29. The zero-order valence-electron chi connectivity index (χ0n) is 10.9. The second-order valence-corrected chi connectivity index (χ2v) is 4.83. The average Bonchev–Trinajstić information content (AvgIpc) is 2.54. The Hall–Kier alpha value is -1.49. The standard InChI is InChI=1S/C13H21NO4/c1-4-6-11(15)8-5-7-10-9-18-13(2,3)14(10)12(16)17/h4,8,10,15H,1,5-7,9H2,2-3H3,(H,16,17)/t10-/m1/s1. The van der Waals surface area contributed by atoms with Gasteiger partial charge in [-0.2, -0.15) is 0 Å². The molecule has 5 nitrogen and oxygen atoms in total. The van der Waals surface area contributed by atoms with E-state index < -0.39 is 11.8 Å². The lowest BCUT2D eigenvalue weighted by Gasteiger charge is -2.30. The van der Waals surface area contributed by atoms with E-state index in [0.29, 0.717) is 25.9 Å². The van der Waals surface area contributed by atoms with Crippen LogP contribution in [0.3, 0.4) is 0 Å². The number of hydrogen-bond donors (Lipinski definition) is 2. The number of ether oxygens (including phenoxy) is 1. The Morgan fingerprint density at radius 1 is 1.56 bits per heavy atom. The minimum Gasteiger partial charge on any atom is -0.512 e. The molecule has 0 radical (unpaired) electrons. The van der Waals surface area contributed by atoms with Gasteiger partial charge in [0.1, 0.15) is 5.72 Å². The molecule has 1 heterocycles. The van der Waals surface area contributed by atoms with Gasteiger partial charge in [-0.05, 0) is 32.8 Å². The largest absolute Gasteiger partial charge is 0.512 e. The number of rotatable bonds is 5. The van der Waals surface area contributed by atoms with Crippen molar-refractivity contribution < 1.29 is 19.7 Å². The zero-order chi connectivity index (χ0) is 13.8. The fraction of sp³-hybridized carbons (Fsp3) is 0.615. The third-order valence-corrected chi connectivity index (χ3v) is 3.01. The van der Waals surface area contributed by atoms with E-state index in [1.807, 2.05) is 0 Å². The summed E-state index contributed by atoms with van der Waals surface area (Å²) >= 11 is 0. The van der Waals surface area contributed by atoms with Crippen LogP contribution in [0.15, 0.2) is 24.5 Å². The number of aliphatic hydroxyl groups excluding tert-OH is 1. The minimum atomic E-state index is -0.971. The summed E-state index contributed by atoms with van der Waals surface area (Å²) in [5, 5.41) is 18.6. The van der Waals surface area contributed by atoms with E-state index in [2.05, 4.69) is 6.58 Å². The summed E-state index contributed by atoms with van der Waals surface area (Å²) in [6.07, 6.45) is 4.05. The molecule has 2 N–H and O–H groups in total. The Morgan fingerprint density at radius 3 is 2.78 bits per heavy atom. The molecule has 1 amide bonds. The van der Waals surface area contributed by atoms with Crippen LogP contribution in [-0.2, 0) is 4.74 Å². The van der Waals surface area contributed by atoms with E-state index >= 15 is 0 Å². The van der Waals surface area contributed by atoms with E-state index in [4.69, 9.17) is 4.74 Å². The fourth-order valence-corrected chi connectivity index (χ4v) is 2.16. The summed E-state index contributed by atoms with van der Waals surface area (Å²) in [6, 6.07) is -0.162. The van der Waals surface area contributed by atoms with Crippen LogP contribution < -0.4 is 0 Å². The van der Waals surface area contributed by atoms with Crippen LogP contribution in [0, 0.1) is 0 Å². The smallest absolute Gasteiger partial charge is 0.409 e. The normalized spacial score (nSPS) is 23.1. The third kappa shape index (κ3) is 3.50. The Labute approximate surface area is 107 Å². The number of amides is 1. The number of carboxylic acid groups (broad SMARTS) is 1. The van der Waals surface area contributed by atoms with Gasteiger partial charge < -0.3 is 14.9 Å². The third-order valence-electron chi connectivity index (χ3n) is 3.01. The van der Waals surface area contributed by atoms with Crippen molar-refractivity contribution in [3.05, 3.63) is 24.5 Å². The molecule has 1 aliphatic heterocycles. The second-order valence-electron chi connectivity index (χ2n) is 4.83. The Kier molecular flexibility index (Phi) is 4.78. The van der Waals surface area contributed by atoms with Gasteiger partial charge in [0.05, 0.1) is 18.4 Å². The van der Waals surface area contributed by atoms with Crippen LogP contribution in [-0.4, -0.2) is 39.6 Å².